The lowest BCUT2D eigenvalue weighted by Crippen LogP contribution is -2.32. The van der Waals surface area contributed by atoms with Gasteiger partial charge >= 0.3 is 0 Å². The molecule has 0 fully saturated rings. The summed E-state index contributed by atoms with van der Waals surface area (Å²) in [4.78, 5) is 0.243. The van der Waals surface area contributed by atoms with Gasteiger partial charge in [0.05, 0.1) is 4.90 Å². The van der Waals surface area contributed by atoms with E-state index in [1.807, 2.05) is 13.0 Å². The maximum absolute atomic E-state index is 12.0. The molecule has 0 aliphatic carbocycles. The van der Waals surface area contributed by atoms with Crippen molar-refractivity contribution >= 4 is 15.7 Å². The van der Waals surface area contributed by atoms with Gasteiger partial charge in [-0.25, -0.2) is 13.1 Å². The van der Waals surface area contributed by atoms with Gasteiger partial charge in [0.1, 0.15) is 0 Å². The Morgan fingerprint density at radius 2 is 2.00 bits per heavy atom. The summed E-state index contributed by atoms with van der Waals surface area (Å²) in [5, 5.41) is 0. The number of sulfonamides is 1. The molecule has 0 amide bonds. The van der Waals surface area contributed by atoms with E-state index in [9.17, 15) is 8.42 Å². The quantitative estimate of drug-likeness (QED) is 0.453. The summed E-state index contributed by atoms with van der Waals surface area (Å²) < 4.78 is 26.7. The number of hydrogen-bond acceptors (Lipinski definition) is 3. The summed E-state index contributed by atoms with van der Waals surface area (Å²) >= 11 is 0. The van der Waals surface area contributed by atoms with E-state index in [0.717, 1.165) is 19.3 Å². The van der Waals surface area contributed by atoms with Crippen LogP contribution in [0.1, 0.15) is 26.2 Å². The molecule has 100 valence electrons. The number of nitrogen functional groups attached to an aromatic ring is 1. The molecule has 1 aromatic carbocycles. The van der Waals surface area contributed by atoms with Crippen LogP contribution in [0.5, 0.6) is 0 Å². The molecule has 1 atom stereocenters. The normalized spacial score (nSPS) is 13.2. The van der Waals surface area contributed by atoms with Crippen LogP contribution in [-0.4, -0.2) is 14.5 Å². The maximum atomic E-state index is 12.0. The van der Waals surface area contributed by atoms with E-state index >= 15 is 0 Å². The largest absolute Gasteiger partial charge is 0.399 e. The summed E-state index contributed by atoms with van der Waals surface area (Å²) in [6.07, 6.45) is 4.45. The van der Waals surface area contributed by atoms with Crippen LogP contribution in [0.25, 0.3) is 0 Å². The molecule has 0 spiro atoms. The molecule has 0 aliphatic heterocycles. The van der Waals surface area contributed by atoms with Crippen molar-refractivity contribution in [2.24, 2.45) is 0 Å². The Morgan fingerprint density at radius 3 is 2.56 bits per heavy atom. The average molecular weight is 268 g/mol. The van der Waals surface area contributed by atoms with E-state index in [-0.39, 0.29) is 10.9 Å². The van der Waals surface area contributed by atoms with Crippen molar-refractivity contribution in [3.05, 3.63) is 36.9 Å². The molecule has 1 aromatic rings. The minimum absolute atomic E-state index is 0.0903. The molecule has 0 aliphatic rings. The van der Waals surface area contributed by atoms with Crippen LogP contribution in [-0.2, 0) is 10.0 Å². The van der Waals surface area contributed by atoms with Gasteiger partial charge in [-0.1, -0.05) is 6.08 Å². The van der Waals surface area contributed by atoms with Crippen LogP contribution in [0, 0.1) is 0 Å². The molecule has 1 unspecified atom stereocenters. The lowest BCUT2D eigenvalue weighted by molar-refractivity contribution is 0.538. The molecule has 0 radical (unpaired) electrons. The maximum Gasteiger partial charge on any atom is 0.240 e. The summed E-state index contributed by atoms with van der Waals surface area (Å²) in [6, 6.07) is 6.09. The van der Waals surface area contributed by atoms with Gasteiger partial charge in [0, 0.05) is 11.7 Å². The summed E-state index contributed by atoms with van der Waals surface area (Å²) in [5.41, 5.74) is 6.08. The minimum atomic E-state index is -3.44. The topological polar surface area (TPSA) is 72.2 Å². The highest BCUT2D eigenvalue weighted by atomic mass is 32.2. The molecule has 0 saturated heterocycles. The second kappa shape index (κ2) is 6.56. The van der Waals surface area contributed by atoms with Gasteiger partial charge in [-0.05, 0) is 50.5 Å². The zero-order valence-corrected chi connectivity index (χ0v) is 11.4. The molecule has 18 heavy (non-hydrogen) atoms. The number of unbranched alkanes of at least 4 members (excludes halogenated alkanes) is 1. The Morgan fingerprint density at radius 1 is 1.39 bits per heavy atom. The predicted molar refractivity (Wildman–Crippen MR) is 74.7 cm³/mol. The molecule has 0 aromatic heterocycles. The van der Waals surface area contributed by atoms with Gasteiger partial charge in [-0.15, -0.1) is 6.58 Å². The Labute approximate surface area is 109 Å². The Kier molecular flexibility index (Phi) is 5.37. The van der Waals surface area contributed by atoms with Gasteiger partial charge in [0.15, 0.2) is 0 Å². The van der Waals surface area contributed by atoms with E-state index in [1.54, 1.807) is 12.1 Å². The third-order valence-corrected chi connectivity index (χ3v) is 4.20. The van der Waals surface area contributed by atoms with E-state index in [2.05, 4.69) is 11.3 Å². The molecule has 0 saturated carbocycles. The predicted octanol–water partition coefficient (Wildman–Crippen LogP) is 2.29. The highest BCUT2D eigenvalue weighted by Crippen LogP contribution is 2.13. The molecule has 3 N–H and O–H groups in total. The van der Waals surface area contributed by atoms with Gasteiger partial charge in [0.2, 0.25) is 10.0 Å². The zero-order chi connectivity index (χ0) is 13.6. The molecule has 4 nitrogen and oxygen atoms in total. The van der Waals surface area contributed by atoms with Gasteiger partial charge in [0.25, 0.3) is 0 Å². The molecule has 0 heterocycles. The van der Waals surface area contributed by atoms with Crippen LogP contribution >= 0.6 is 0 Å². The number of nitrogens with two attached hydrogens (primary N) is 1. The number of anilines is 1. The fourth-order valence-corrected chi connectivity index (χ4v) is 2.89. The lowest BCUT2D eigenvalue weighted by atomic mass is 10.1. The van der Waals surface area contributed by atoms with Crippen LogP contribution in [0.15, 0.2) is 41.8 Å². The van der Waals surface area contributed by atoms with Crippen molar-refractivity contribution < 1.29 is 8.42 Å². The zero-order valence-electron chi connectivity index (χ0n) is 10.6. The fourth-order valence-electron chi connectivity index (χ4n) is 1.61. The molecular formula is C13H20N2O2S. The van der Waals surface area contributed by atoms with Gasteiger partial charge in [-0.2, -0.15) is 0 Å². The first kappa shape index (κ1) is 14.7. The highest BCUT2D eigenvalue weighted by Gasteiger charge is 2.16. The third-order valence-electron chi connectivity index (χ3n) is 2.59. The van der Waals surface area contributed by atoms with Crippen molar-refractivity contribution in [3.8, 4) is 0 Å². The highest BCUT2D eigenvalue weighted by molar-refractivity contribution is 7.89. The Hall–Kier alpha value is -1.33. The van der Waals surface area contributed by atoms with E-state index < -0.39 is 10.0 Å². The standard InChI is InChI=1S/C13H20N2O2S/c1-3-4-5-6-11(2)15-18(16,17)13-9-7-12(14)8-10-13/h3,7-11,15H,1,4-6,14H2,2H3. The van der Waals surface area contributed by atoms with Gasteiger partial charge < -0.3 is 5.73 Å². The molecule has 5 heteroatoms. The summed E-state index contributed by atoms with van der Waals surface area (Å²) in [6.45, 7) is 5.50. The van der Waals surface area contributed by atoms with Gasteiger partial charge in [-0.3, -0.25) is 0 Å². The smallest absolute Gasteiger partial charge is 0.240 e. The third kappa shape index (κ3) is 4.50. The first-order valence-electron chi connectivity index (χ1n) is 5.94. The van der Waals surface area contributed by atoms with Crippen molar-refractivity contribution in [1.29, 1.82) is 0 Å². The number of nitrogens with one attached hydrogen (secondary N) is 1. The molecular weight excluding hydrogens is 248 g/mol. The summed E-state index contributed by atoms with van der Waals surface area (Å²) in [7, 11) is -3.44. The van der Waals surface area contributed by atoms with Crippen molar-refractivity contribution in [1.82, 2.24) is 4.72 Å². The van der Waals surface area contributed by atoms with Crippen molar-refractivity contribution in [2.75, 3.05) is 5.73 Å². The Balaban J connectivity index is 2.64. The number of allylic oxidation sites excluding steroid dienone is 1. The van der Waals surface area contributed by atoms with Crippen LogP contribution in [0.3, 0.4) is 0 Å². The van der Waals surface area contributed by atoms with E-state index in [0.29, 0.717) is 5.69 Å². The molecule has 1 rings (SSSR count). The van der Waals surface area contributed by atoms with Crippen molar-refractivity contribution in [3.63, 3.8) is 0 Å². The van der Waals surface area contributed by atoms with Crippen molar-refractivity contribution in [2.45, 2.75) is 37.1 Å². The average Bonchev–Trinajstić information content (AvgIpc) is 2.29. The summed E-state index contributed by atoms with van der Waals surface area (Å²) in [5.74, 6) is 0. The second-order valence-electron chi connectivity index (χ2n) is 4.31. The molecule has 0 bridgehead atoms. The lowest BCUT2D eigenvalue weighted by Gasteiger charge is -2.13. The number of rotatable bonds is 7. The monoisotopic (exact) mass is 268 g/mol. The van der Waals surface area contributed by atoms with E-state index in [1.165, 1.54) is 12.1 Å². The van der Waals surface area contributed by atoms with Crippen LogP contribution in [0.4, 0.5) is 5.69 Å². The fraction of sp³-hybridized carbons (Fsp3) is 0.385. The van der Waals surface area contributed by atoms with Crippen LogP contribution < -0.4 is 10.5 Å². The van der Waals surface area contributed by atoms with E-state index in [4.69, 9.17) is 5.73 Å². The minimum Gasteiger partial charge on any atom is -0.399 e. The first-order valence-corrected chi connectivity index (χ1v) is 7.43. The Bertz CT molecular complexity index is 480. The SMILES string of the molecule is C=CCCCC(C)NS(=O)(=O)c1ccc(N)cc1. The number of hydrogen-bond donors (Lipinski definition) is 2. The number of benzene rings is 1. The second-order valence-corrected chi connectivity index (χ2v) is 6.02. The first-order chi connectivity index (χ1) is 8.45. The van der Waals surface area contributed by atoms with Crippen LogP contribution in [0.2, 0.25) is 0 Å².